The average Bonchev–Trinajstić information content (AvgIpc) is 3.31. The predicted molar refractivity (Wildman–Crippen MR) is 131 cm³/mol. The minimum absolute atomic E-state index is 0.144. The second-order valence-corrected chi connectivity index (χ2v) is 8.68. The fraction of sp³-hybridized carbons (Fsp3) is 0.148. The van der Waals surface area contributed by atoms with Gasteiger partial charge in [-0.1, -0.05) is 78.3 Å². The molecule has 0 bridgehead atoms. The average molecular weight is 471 g/mol. The Bertz CT molecular complexity index is 1330. The molecule has 0 radical (unpaired) electrons. The van der Waals surface area contributed by atoms with E-state index < -0.39 is 0 Å². The molecule has 1 aromatic heterocycles. The highest BCUT2D eigenvalue weighted by atomic mass is 35.5. The molecule has 0 fully saturated rings. The number of aromatic nitrogens is 2. The Morgan fingerprint density at radius 3 is 2.41 bits per heavy atom. The number of hydrogen-bond donors (Lipinski definition) is 1. The van der Waals surface area contributed by atoms with Crippen molar-refractivity contribution in [2.45, 2.75) is 19.6 Å². The lowest BCUT2D eigenvalue weighted by atomic mass is 10.0. The molecular weight excluding hydrogens is 448 g/mol. The lowest BCUT2D eigenvalue weighted by Crippen LogP contribution is -2.39. The topological polar surface area (TPSA) is 67.2 Å². The molecule has 0 atom stereocenters. The fourth-order valence-electron chi connectivity index (χ4n) is 4.07. The van der Waals surface area contributed by atoms with Crippen molar-refractivity contribution in [2.24, 2.45) is 0 Å². The number of nitrogens with zero attached hydrogens (tertiary/aromatic N) is 3. The van der Waals surface area contributed by atoms with Crippen molar-refractivity contribution in [1.82, 2.24) is 20.0 Å². The number of benzene rings is 3. The summed E-state index contributed by atoms with van der Waals surface area (Å²) in [5, 5.41) is 7.90. The molecule has 0 spiro atoms. The quantitative estimate of drug-likeness (QED) is 0.440. The molecule has 0 aliphatic carbocycles. The van der Waals surface area contributed by atoms with Crippen LogP contribution >= 0.6 is 11.6 Å². The zero-order valence-corrected chi connectivity index (χ0v) is 19.2. The third-order valence-corrected chi connectivity index (χ3v) is 6.11. The van der Waals surface area contributed by atoms with E-state index in [2.05, 4.69) is 22.5 Å². The van der Waals surface area contributed by atoms with Crippen molar-refractivity contribution in [2.75, 3.05) is 6.54 Å². The van der Waals surface area contributed by atoms with Crippen LogP contribution in [-0.4, -0.2) is 33.0 Å². The van der Waals surface area contributed by atoms with Gasteiger partial charge in [-0.25, -0.2) is 0 Å². The van der Waals surface area contributed by atoms with Crippen LogP contribution in [0.15, 0.2) is 84.9 Å². The largest absolute Gasteiger partial charge is 0.347 e. The fourth-order valence-corrected chi connectivity index (χ4v) is 4.29. The molecule has 34 heavy (non-hydrogen) atoms. The first-order valence-electron chi connectivity index (χ1n) is 11.1. The minimum Gasteiger partial charge on any atom is -0.347 e. The molecule has 4 aromatic rings. The van der Waals surface area contributed by atoms with E-state index >= 15 is 0 Å². The van der Waals surface area contributed by atoms with E-state index in [1.165, 1.54) is 0 Å². The smallest absolute Gasteiger partial charge is 0.272 e. The van der Waals surface area contributed by atoms with Crippen LogP contribution < -0.4 is 5.32 Å². The van der Waals surface area contributed by atoms with Crippen LogP contribution in [0.2, 0.25) is 5.02 Å². The van der Waals surface area contributed by atoms with Gasteiger partial charge in [0.2, 0.25) is 0 Å². The third-order valence-electron chi connectivity index (χ3n) is 5.88. The molecule has 0 saturated carbocycles. The van der Waals surface area contributed by atoms with E-state index in [9.17, 15) is 9.59 Å². The summed E-state index contributed by atoms with van der Waals surface area (Å²) in [5.74, 6) is -0.447. The van der Waals surface area contributed by atoms with Crippen molar-refractivity contribution >= 4 is 23.4 Å². The van der Waals surface area contributed by atoms with Gasteiger partial charge in [0.05, 0.1) is 6.54 Å². The highest BCUT2D eigenvalue weighted by Crippen LogP contribution is 2.20. The maximum Gasteiger partial charge on any atom is 0.272 e. The van der Waals surface area contributed by atoms with Crippen molar-refractivity contribution in [3.63, 3.8) is 0 Å². The number of hydrogen-bond acceptors (Lipinski definition) is 3. The summed E-state index contributed by atoms with van der Waals surface area (Å²) in [5.41, 5.74) is 4.89. The normalized spacial score (nSPS) is 13.0. The molecule has 170 valence electrons. The lowest BCUT2D eigenvalue weighted by molar-refractivity contribution is 0.0683. The highest BCUT2D eigenvalue weighted by molar-refractivity contribution is 6.30. The van der Waals surface area contributed by atoms with E-state index in [1.54, 1.807) is 21.7 Å². The number of carbonyl (C=O) groups is 2. The van der Waals surface area contributed by atoms with Gasteiger partial charge in [0.15, 0.2) is 5.69 Å². The Kier molecular flexibility index (Phi) is 6.14. The molecule has 1 aliphatic rings. The maximum absolute atomic E-state index is 13.0. The number of carbonyl (C=O) groups excluding carboxylic acids is 2. The molecule has 1 aliphatic heterocycles. The second kappa shape index (κ2) is 9.53. The van der Waals surface area contributed by atoms with Crippen molar-refractivity contribution in [3.8, 4) is 11.1 Å². The molecule has 2 heterocycles. The van der Waals surface area contributed by atoms with Gasteiger partial charge in [0.1, 0.15) is 5.69 Å². The summed E-state index contributed by atoms with van der Waals surface area (Å²) in [7, 11) is 0. The van der Waals surface area contributed by atoms with Crippen LogP contribution in [0.5, 0.6) is 0 Å². The number of rotatable bonds is 6. The van der Waals surface area contributed by atoms with Gasteiger partial charge >= 0.3 is 0 Å². The maximum atomic E-state index is 13.0. The summed E-state index contributed by atoms with van der Waals surface area (Å²) in [6.45, 7) is 1.90. The number of nitrogens with one attached hydrogen (secondary N) is 1. The van der Waals surface area contributed by atoms with Crippen LogP contribution in [-0.2, 0) is 19.6 Å². The van der Waals surface area contributed by atoms with Crippen LogP contribution in [0.1, 0.15) is 32.1 Å². The minimum atomic E-state index is -0.303. The predicted octanol–water partition coefficient (Wildman–Crippen LogP) is 4.79. The van der Waals surface area contributed by atoms with Gasteiger partial charge in [-0.3, -0.25) is 14.3 Å². The monoisotopic (exact) mass is 470 g/mol. The zero-order valence-electron chi connectivity index (χ0n) is 18.4. The summed E-state index contributed by atoms with van der Waals surface area (Å²) < 4.78 is 1.61. The lowest BCUT2D eigenvalue weighted by Gasteiger charge is -2.27. The molecule has 2 amide bonds. The number of halogens is 1. The Morgan fingerprint density at radius 2 is 1.65 bits per heavy atom. The molecule has 0 saturated heterocycles. The zero-order chi connectivity index (χ0) is 23.5. The van der Waals surface area contributed by atoms with Crippen LogP contribution in [0.3, 0.4) is 0 Å². The Morgan fingerprint density at radius 1 is 0.882 bits per heavy atom. The van der Waals surface area contributed by atoms with Crippen LogP contribution in [0, 0.1) is 0 Å². The van der Waals surface area contributed by atoms with Gasteiger partial charge in [-0.2, -0.15) is 5.10 Å². The van der Waals surface area contributed by atoms with E-state index in [4.69, 9.17) is 11.6 Å². The molecule has 7 heteroatoms. The standard InChI is InChI=1S/C27H23ClN4O2/c28-23-8-4-5-20(15-23)18-31-13-14-32-25(27(31)34)16-24(30-32)26(33)29-17-19-9-11-22(12-10-19)21-6-2-1-3-7-21/h1-12,15-16H,13-14,17-18H2,(H,29,33). The highest BCUT2D eigenvalue weighted by Gasteiger charge is 2.28. The SMILES string of the molecule is O=C(NCc1ccc(-c2ccccc2)cc1)c1cc2n(n1)CCN(Cc1cccc(Cl)c1)C2=O. The van der Waals surface area contributed by atoms with E-state index in [-0.39, 0.29) is 17.5 Å². The van der Waals surface area contributed by atoms with E-state index in [0.29, 0.717) is 36.9 Å². The third kappa shape index (κ3) is 4.72. The van der Waals surface area contributed by atoms with Crippen molar-refractivity contribution in [3.05, 3.63) is 112 Å². The Hall–Kier alpha value is -3.90. The van der Waals surface area contributed by atoms with Gasteiger partial charge in [0, 0.05) is 30.7 Å². The first-order valence-corrected chi connectivity index (χ1v) is 11.5. The molecule has 6 nitrogen and oxygen atoms in total. The van der Waals surface area contributed by atoms with E-state index in [1.807, 2.05) is 60.7 Å². The second-order valence-electron chi connectivity index (χ2n) is 8.24. The molecular formula is C27H23ClN4O2. The Labute approximate surface area is 202 Å². The summed E-state index contributed by atoms with van der Waals surface area (Å²) in [6.07, 6.45) is 0. The Balaban J connectivity index is 1.22. The van der Waals surface area contributed by atoms with Crippen molar-refractivity contribution in [1.29, 1.82) is 0 Å². The first-order chi connectivity index (χ1) is 16.6. The number of fused-ring (bicyclic) bond motifs is 1. The summed E-state index contributed by atoms with van der Waals surface area (Å²) in [4.78, 5) is 27.4. The molecule has 1 N–H and O–H groups in total. The summed E-state index contributed by atoms with van der Waals surface area (Å²) in [6, 6.07) is 27.3. The van der Waals surface area contributed by atoms with Crippen LogP contribution in [0.4, 0.5) is 0 Å². The van der Waals surface area contributed by atoms with Crippen LogP contribution in [0.25, 0.3) is 11.1 Å². The van der Waals surface area contributed by atoms with Gasteiger partial charge < -0.3 is 10.2 Å². The van der Waals surface area contributed by atoms with Crippen molar-refractivity contribution < 1.29 is 9.59 Å². The molecule has 5 rings (SSSR count). The van der Waals surface area contributed by atoms with Gasteiger partial charge in [-0.05, 0) is 34.4 Å². The van der Waals surface area contributed by atoms with Gasteiger partial charge in [0.25, 0.3) is 11.8 Å². The van der Waals surface area contributed by atoms with E-state index in [0.717, 1.165) is 22.3 Å². The number of amides is 2. The summed E-state index contributed by atoms with van der Waals surface area (Å²) >= 11 is 6.07. The van der Waals surface area contributed by atoms with Gasteiger partial charge in [-0.15, -0.1) is 0 Å². The molecule has 3 aromatic carbocycles. The molecule has 0 unspecified atom stereocenters. The first kappa shape index (κ1) is 21.9.